The Morgan fingerprint density at radius 1 is 1.19 bits per heavy atom. The van der Waals surface area contributed by atoms with E-state index in [9.17, 15) is 9.59 Å². The lowest BCUT2D eigenvalue weighted by Gasteiger charge is -2.28. The van der Waals surface area contributed by atoms with Crippen LogP contribution in [-0.2, 0) is 16.1 Å². The highest BCUT2D eigenvalue weighted by atomic mass is 16.6. The van der Waals surface area contributed by atoms with Crippen LogP contribution in [0.4, 0.5) is 4.79 Å². The first kappa shape index (κ1) is 22.5. The Morgan fingerprint density at radius 2 is 1.85 bits per heavy atom. The fourth-order valence-electron chi connectivity index (χ4n) is 2.56. The van der Waals surface area contributed by atoms with Gasteiger partial charge in [-0.1, -0.05) is 42.5 Å². The Morgan fingerprint density at radius 3 is 2.41 bits per heavy atom. The van der Waals surface area contributed by atoms with Gasteiger partial charge in [-0.15, -0.1) is 13.2 Å². The molecule has 0 unspecified atom stereocenters. The van der Waals surface area contributed by atoms with Crippen LogP contribution in [0.2, 0.25) is 0 Å². The van der Waals surface area contributed by atoms with Crippen LogP contribution in [-0.4, -0.2) is 35.1 Å². The van der Waals surface area contributed by atoms with Gasteiger partial charge in [0.15, 0.2) is 0 Å². The fraction of sp³-hybridized carbons (Fsp3) is 0.455. The number of hydrogen-bond donors (Lipinski definition) is 1. The number of carbonyl (C=O) groups excluding carboxylic acids is 2. The van der Waals surface area contributed by atoms with Gasteiger partial charge in [0, 0.05) is 13.1 Å². The summed E-state index contributed by atoms with van der Waals surface area (Å²) in [5, 5.41) is 2.69. The van der Waals surface area contributed by atoms with E-state index in [1.54, 1.807) is 31.7 Å². The minimum Gasteiger partial charge on any atom is -0.444 e. The summed E-state index contributed by atoms with van der Waals surface area (Å²) in [5.74, 6) is -0.145. The number of allylic oxidation sites excluding steroid dienone is 1. The molecule has 148 valence electrons. The molecule has 0 aliphatic rings. The molecule has 2 amide bonds. The normalized spacial score (nSPS) is 12.0. The van der Waals surface area contributed by atoms with Gasteiger partial charge in [0.2, 0.25) is 5.91 Å². The fourth-order valence-corrected chi connectivity index (χ4v) is 2.56. The first-order valence-corrected chi connectivity index (χ1v) is 9.31. The van der Waals surface area contributed by atoms with Gasteiger partial charge < -0.3 is 15.0 Å². The van der Waals surface area contributed by atoms with Gasteiger partial charge in [-0.05, 0) is 45.6 Å². The quantitative estimate of drug-likeness (QED) is 0.487. The Bertz CT molecular complexity index is 620. The van der Waals surface area contributed by atoms with Crippen LogP contribution < -0.4 is 5.32 Å². The van der Waals surface area contributed by atoms with Gasteiger partial charge in [-0.2, -0.15) is 0 Å². The highest BCUT2D eigenvalue weighted by molar-refractivity contribution is 5.86. The van der Waals surface area contributed by atoms with Crippen LogP contribution in [0.3, 0.4) is 0 Å². The molecule has 27 heavy (non-hydrogen) atoms. The zero-order chi connectivity index (χ0) is 20.3. The number of carbonyl (C=O) groups is 2. The Labute approximate surface area is 163 Å². The second kappa shape index (κ2) is 11.2. The summed E-state index contributed by atoms with van der Waals surface area (Å²) in [6.07, 6.45) is 4.84. The van der Waals surface area contributed by atoms with Crippen molar-refractivity contribution in [1.29, 1.82) is 0 Å². The number of unbranched alkanes of at least 4 members (excludes halogenated alkanes) is 1. The van der Waals surface area contributed by atoms with Gasteiger partial charge in [-0.3, -0.25) is 4.79 Å². The second-order valence-electron chi connectivity index (χ2n) is 7.40. The van der Waals surface area contributed by atoms with Gasteiger partial charge in [-0.25, -0.2) is 4.79 Å². The third kappa shape index (κ3) is 9.08. The molecule has 1 atom stereocenters. The number of ether oxygens (including phenoxy) is 1. The van der Waals surface area contributed by atoms with Crippen LogP contribution >= 0.6 is 0 Å². The molecule has 0 aliphatic heterocycles. The summed E-state index contributed by atoms with van der Waals surface area (Å²) >= 11 is 0. The largest absolute Gasteiger partial charge is 0.444 e. The number of nitrogens with one attached hydrogen (secondary N) is 1. The van der Waals surface area contributed by atoms with E-state index in [0.29, 0.717) is 19.5 Å². The molecular formula is C22H32N2O3. The summed E-state index contributed by atoms with van der Waals surface area (Å²) in [7, 11) is 0. The predicted molar refractivity (Wildman–Crippen MR) is 109 cm³/mol. The van der Waals surface area contributed by atoms with Gasteiger partial charge in [0.25, 0.3) is 0 Å². The maximum atomic E-state index is 13.1. The van der Waals surface area contributed by atoms with Crippen molar-refractivity contribution in [2.24, 2.45) is 0 Å². The summed E-state index contributed by atoms with van der Waals surface area (Å²) in [6.45, 7) is 13.9. The lowest BCUT2D eigenvalue weighted by Crippen LogP contribution is -2.49. The van der Waals surface area contributed by atoms with E-state index in [4.69, 9.17) is 4.74 Å². The Hall–Kier alpha value is -2.56. The number of nitrogens with zero attached hydrogens (tertiary/aromatic N) is 1. The lowest BCUT2D eigenvalue weighted by molar-refractivity contribution is -0.134. The van der Waals surface area contributed by atoms with Crippen molar-refractivity contribution in [3.63, 3.8) is 0 Å². The highest BCUT2D eigenvalue weighted by Crippen LogP contribution is 2.12. The van der Waals surface area contributed by atoms with Crippen molar-refractivity contribution >= 4 is 12.0 Å². The van der Waals surface area contributed by atoms with Gasteiger partial charge in [0.05, 0.1) is 0 Å². The molecule has 0 saturated heterocycles. The minimum atomic E-state index is -0.704. The van der Waals surface area contributed by atoms with E-state index in [2.05, 4.69) is 18.5 Å². The van der Waals surface area contributed by atoms with Crippen molar-refractivity contribution in [2.45, 2.75) is 58.2 Å². The first-order chi connectivity index (χ1) is 12.8. The second-order valence-corrected chi connectivity index (χ2v) is 7.40. The van der Waals surface area contributed by atoms with Crippen molar-refractivity contribution in [2.75, 3.05) is 6.54 Å². The molecular weight excluding hydrogens is 340 g/mol. The average molecular weight is 373 g/mol. The molecule has 0 spiro atoms. The molecule has 1 rings (SSSR count). The molecule has 1 aromatic carbocycles. The van der Waals surface area contributed by atoms with Crippen LogP contribution in [0.1, 0.15) is 45.6 Å². The lowest BCUT2D eigenvalue weighted by atomic mass is 10.1. The number of benzene rings is 1. The van der Waals surface area contributed by atoms with E-state index < -0.39 is 17.7 Å². The van der Waals surface area contributed by atoms with Crippen molar-refractivity contribution in [1.82, 2.24) is 10.2 Å². The molecule has 0 aromatic heterocycles. The number of amides is 2. The molecule has 5 heteroatoms. The van der Waals surface area contributed by atoms with E-state index in [1.807, 2.05) is 36.4 Å². The predicted octanol–water partition coefficient (Wildman–Crippen LogP) is 4.45. The zero-order valence-corrected chi connectivity index (χ0v) is 16.7. The van der Waals surface area contributed by atoms with Gasteiger partial charge in [0.1, 0.15) is 11.6 Å². The maximum absolute atomic E-state index is 13.1. The monoisotopic (exact) mass is 372 g/mol. The molecule has 0 bridgehead atoms. The van der Waals surface area contributed by atoms with Crippen LogP contribution in [0, 0.1) is 0 Å². The molecule has 0 fully saturated rings. The molecule has 0 aliphatic carbocycles. The molecule has 0 heterocycles. The first-order valence-electron chi connectivity index (χ1n) is 9.31. The molecule has 1 aromatic rings. The van der Waals surface area contributed by atoms with Crippen molar-refractivity contribution in [3.05, 3.63) is 61.2 Å². The highest BCUT2D eigenvalue weighted by Gasteiger charge is 2.27. The zero-order valence-electron chi connectivity index (χ0n) is 16.7. The van der Waals surface area contributed by atoms with Crippen LogP contribution in [0.15, 0.2) is 55.6 Å². The topological polar surface area (TPSA) is 58.6 Å². The maximum Gasteiger partial charge on any atom is 0.408 e. The van der Waals surface area contributed by atoms with Crippen molar-refractivity contribution < 1.29 is 14.3 Å². The third-order valence-electron chi connectivity index (χ3n) is 3.76. The number of alkyl carbamates (subject to hydrolysis) is 1. The summed E-state index contributed by atoms with van der Waals surface area (Å²) < 4.78 is 5.29. The summed E-state index contributed by atoms with van der Waals surface area (Å²) in [4.78, 5) is 27.0. The van der Waals surface area contributed by atoms with Crippen molar-refractivity contribution in [3.8, 4) is 0 Å². The van der Waals surface area contributed by atoms with Crippen LogP contribution in [0.5, 0.6) is 0 Å². The van der Waals surface area contributed by atoms with E-state index >= 15 is 0 Å². The molecule has 1 N–H and O–H groups in total. The third-order valence-corrected chi connectivity index (χ3v) is 3.76. The number of rotatable bonds is 10. The molecule has 0 radical (unpaired) electrons. The average Bonchev–Trinajstić information content (AvgIpc) is 2.59. The summed E-state index contributed by atoms with van der Waals surface area (Å²) in [5.41, 5.74) is 0.415. The number of hydrogen-bond acceptors (Lipinski definition) is 3. The summed E-state index contributed by atoms with van der Waals surface area (Å²) in [6, 6.07) is 9.10. The van der Waals surface area contributed by atoms with E-state index in [0.717, 1.165) is 18.4 Å². The van der Waals surface area contributed by atoms with E-state index in [1.165, 1.54) is 0 Å². The van der Waals surface area contributed by atoms with Gasteiger partial charge >= 0.3 is 6.09 Å². The Kier molecular flexibility index (Phi) is 9.34. The van der Waals surface area contributed by atoms with Crippen LogP contribution in [0.25, 0.3) is 0 Å². The minimum absolute atomic E-state index is 0.145. The smallest absolute Gasteiger partial charge is 0.408 e. The molecule has 5 nitrogen and oxygen atoms in total. The SMILES string of the molecule is C=CCCCN(Cc1ccccc1)C(=O)[C@@H](CC=C)NC(=O)OC(C)(C)C. The standard InChI is InChI=1S/C22H32N2O3/c1-6-8-12-16-24(17-18-14-10-9-11-15-18)20(25)19(13-7-2)23-21(26)27-22(3,4)5/h6-7,9-11,14-15,19H,1-2,8,12-13,16-17H2,3-5H3,(H,23,26)/t19-/m1/s1. The van der Waals surface area contributed by atoms with E-state index in [-0.39, 0.29) is 5.91 Å². The Balaban J connectivity index is 2.89. The molecule has 0 saturated carbocycles.